The van der Waals surface area contributed by atoms with E-state index in [-0.39, 0.29) is 12.1 Å². The van der Waals surface area contributed by atoms with Crippen LogP contribution in [0.2, 0.25) is 0 Å². The summed E-state index contributed by atoms with van der Waals surface area (Å²) in [6.07, 6.45) is 0. The van der Waals surface area contributed by atoms with Crippen molar-refractivity contribution in [3.63, 3.8) is 0 Å². The zero-order chi connectivity index (χ0) is 9.26. The van der Waals surface area contributed by atoms with Crippen molar-refractivity contribution in [1.82, 2.24) is 15.6 Å². The number of nitrogens with one attached hydrogen (secondary N) is 2. The summed E-state index contributed by atoms with van der Waals surface area (Å²) in [6.45, 7) is 0.599. The predicted molar refractivity (Wildman–Crippen MR) is 51.2 cm³/mol. The Labute approximate surface area is 83.9 Å². The molecule has 0 aliphatic carbocycles. The van der Waals surface area contributed by atoms with Gasteiger partial charge in [-0.05, 0) is 28.1 Å². The van der Waals surface area contributed by atoms with Gasteiger partial charge in [0, 0.05) is 6.54 Å². The first-order valence-electron chi connectivity index (χ1n) is 3.92. The fraction of sp³-hybridized carbons (Fsp3) is 0.250. The van der Waals surface area contributed by atoms with Gasteiger partial charge in [-0.15, -0.1) is 0 Å². The van der Waals surface area contributed by atoms with Crippen molar-refractivity contribution in [2.75, 3.05) is 6.54 Å². The van der Waals surface area contributed by atoms with Gasteiger partial charge in [0.25, 0.3) is 0 Å². The van der Waals surface area contributed by atoms with Crippen LogP contribution in [0.15, 0.2) is 22.8 Å². The zero-order valence-corrected chi connectivity index (χ0v) is 8.34. The van der Waals surface area contributed by atoms with Gasteiger partial charge in [-0.1, -0.05) is 6.07 Å². The Kier molecular flexibility index (Phi) is 2.18. The third kappa shape index (κ3) is 1.80. The van der Waals surface area contributed by atoms with Crippen LogP contribution in [0.3, 0.4) is 0 Å². The first-order chi connectivity index (χ1) is 6.25. The molecule has 0 spiro atoms. The van der Waals surface area contributed by atoms with E-state index >= 15 is 0 Å². The molecular weight excluding hydrogens is 234 g/mol. The van der Waals surface area contributed by atoms with E-state index in [0.29, 0.717) is 6.54 Å². The minimum absolute atomic E-state index is 0.00926. The molecule has 2 rings (SSSR count). The maximum absolute atomic E-state index is 10.8. The predicted octanol–water partition coefficient (Wildman–Crippen LogP) is 1.20. The maximum Gasteiger partial charge on any atom is 0.315 e. The van der Waals surface area contributed by atoms with Crippen molar-refractivity contribution in [2.45, 2.75) is 6.04 Å². The molecule has 2 N–H and O–H groups in total. The van der Waals surface area contributed by atoms with Gasteiger partial charge >= 0.3 is 6.03 Å². The number of carbonyl (C=O) groups is 1. The summed E-state index contributed by atoms with van der Waals surface area (Å²) in [5.41, 5.74) is 0.868. The number of nitrogens with zero attached hydrogens (tertiary/aromatic N) is 1. The minimum Gasteiger partial charge on any atom is -0.336 e. The van der Waals surface area contributed by atoms with Gasteiger partial charge in [-0.3, -0.25) is 0 Å². The fourth-order valence-corrected chi connectivity index (χ4v) is 1.61. The number of hydrogen-bond donors (Lipinski definition) is 2. The largest absolute Gasteiger partial charge is 0.336 e. The summed E-state index contributed by atoms with van der Waals surface area (Å²) in [7, 11) is 0. The molecule has 0 bridgehead atoms. The number of urea groups is 1. The number of aromatic nitrogens is 1. The molecule has 1 saturated heterocycles. The number of pyridine rings is 1. The monoisotopic (exact) mass is 241 g/mol. The number of rotatable bonds is 1. The first-order valence-corrected chi connectivity index (χ1v) is 4.72. The summed E-state index contributed by atoms with van der Waals surface area (Å²) in [6, 6.07) is 5.50. The molecule has 1 aromatic heterocycles. The van der Waals surface area contributed by atoms with Crippen molar-refractivity contribution < 1.29 is 4.79 Å². The highest BCUT2D eigenvalue weighted by molar-refractivity contribution is 9.10. The third-order valence-corrected chi connectivity index (χ3v) is 2.31. The molecule has 5 heteroatoms. The Morgan fingerprint density at radius 3 is 3.00 bits per heavy atom. The van der Waals surface area contributed by atoms with E-state index in [1.165, 1.54) is 0 Å². The molecular formula is C8H8BrN3O. The molecule has 0 aromatic carbocycles. The van der Waals surface area contributed by atoms with Crippen LogP contribution < -0.4 is 10.6 Å². The van der Waals surface area contributed by atoms with Crippen LogP contribution in [0, 0.1) is 0 Å². The van der Waals surface area contributed by atoms with Crippen LogP contribution in [-0.2, 0) is 0 Å². The van der Waals surface area contributed by atoms with Crippen LogP contribution in [-0.4, -0.2) is 17.6 Å². The summed E-state index contributed by atoms with van der Waals surface area (Å²) < 4.78 is 0.783. The molecule has 1 aromatic rings. The second-order valence-electron chi connectivity index (χ2n) is 2.79. The molecule has 0 unspecified atom stereocenters. The minimum atomic E-state index is -0.133. The van der Waals surface area contributed by atoms with Gasteiger partial charge in [0.1, 0.15) is 4.60 Å². The van der Waals surface area contributed by atoms with Crippen molar-refractivity contribution in [3.8, 4) is 0 Å². The van der Waals surface area contributed by atoms with E-state index in [9.17, 15) is 4.79 Å². The second kappa shape index (κ2) is 3.33. The van der Waals surface area contributed by atoms with Crippen LogP contribution in [0.4, 0.5) is 4.79 Å². The average molecular weight is 242 g/mol. The molecule has 4 nitrogen and oxygen atoms in total. The summed E-state index contributed by atoms with van der Waals surface area (Å²) >= 11 is 3.28. The first kappa shape index (κ1) is 8.50. The lowest BCUT2D eigenvalue weighted by Gasteiger charge is -2.07. The Morgan fingerprint density at radius 2 is 2.38 bits per heavy atom. The summed E-state index contributed by atoms with van der Waals surface area (Å²) in [5.74, 6) is 0. The van der Waals surface area contributed by atoms with Crippen molar-refractivity contribution >= 4 is 22.0 Å². The van der Waals surface area contributed by atoms with Crippen LogP contribution in [0.25, 0.3) is 0 Å². The zero-order valence-electron chi connectivity index (χ0n) is 6.75. The Bertz CT molecular complexity index is 342. The lowest BCUT2D eigenvalue weighted by molar-refractivity contribution is 0.247. The van der Waals surface area contributed by atoms with E-state index in [4.69, 9.17) is 0 Å². The fourth-order valence-electron chi connectivity index (χ4n) is 1.25. The van der Waals surface area contributed by atoms with Crippen LogP contribution >= 0.6 is 15.9 Å². The molecule has 13 heavy (non-hydrogen) atoms. The Hall–Kier alpha value is -1.10. The topological polar surface area (TPSA) is 54.0 Å². The average Bonchev–Trinajstić information content (AvgIpc) is 2.52. The SMILES string of the molecule is O=C1NC[C@@H](c2cccc(Br)n2)N1. The normalized spacial score (nSPS) is 21.0. The van der Waals surface area contributed by atoms with Crippen LogP contribution in [0.5, 0.6) is 0 Å². The molecule has 68 valence electrons. The van der Waals surface area contributed by atoms with E-state index in [2.05, 4.69) is 31.5 Å². The Balaban J connectivity index is 2.21. The van der Waals surface area contributed by atoms with Gasteiger partial charge in [0.05, 0.1) is 11.7 Å². The van der Waals surface area contributed by atoms with Gasteiger partial charge in [0.2, 0.25) is 0 Å². The second-order valence-corrected chi connectivity index (χ2v) is 3.60. The standard InChI is InChI=1S/C8H8BrN3O/c9-7-3-1-2-5(11-7)6-4-10-8(13)12-6/h1-3,6H,4H2,(H2,10,12,13)/t6-/m0/s1. The van der Waals surface area contributed by atoms with Gasteiger partial charge < -0.3 is 10.6 Å². The molecule has 1 atom stereocenters. The van der Waals surface area contributed by atoms with E-state index < -0.39 is 0 Å². The summed E-state index contributed by atoms with van der Waals surface area (Å²) in [4.78, 5) is 15.1. The molecule has 0 radical (unpaired) electrons. The number of hydrogen-bond acceptors (Lipinski definition) is 2. The molecule has 2 amide bonds. The quantitative estimate of drug-likeness (QED) is 0.727. The Morgan fingerprint density at radius 1 is 1.54 bits per heavy atom. The van der Waals surface area contributed by atoms with Crippen LogP contribution in [0.1, 0.15) is 11.7 Å². The molecule has 0 saturated carbocycles. The number of halogens is 1. The maximum atomic E-state index is 10.8. The van der Waals surface area contributed by atoms with Crippen molar-refractivity contribution in [2.24, 2.45) is 0 Å². The lowest BCUT2D eigenvalue weighted by Crippen LogP contribution is -2.22. The summed E-state index contributed by atoms with van der Waals surface area (Å²) in [5, 5.41) is 5.45. The van der Waals surface area contributed by atoms with Gasteiger partial charge in [-0.2, -0.15) is 0 Å². The molecule has 1 aliphatic heterocycles. The van der Waals surface area contributed by atoms with Gasteiger partial charge in [0.15, 0.2) is 0 Å². The van der Waals surface area contributed by atoms with E-state index in [1.54, 1.807) is 0 Å². The third-order valence-electron chi connectivity index (χ3n) is 1.87. The number of carbonyl (C=O) groups excluding carboxylic acids is 1. The smallest absolute Gasteiger partial charge is 0.315 e. The lowest BCUT2D eigenvalue weighted by atomic mass is 10.2. The number of amides is 2. The molecule has 2 heterocycles. The highest BCUT2D eigenvalue weighted by Crippen LogP contribution is 2.15. The van der Waals surface area contributed by atoms with E-state index in [0.717, 1.165) is 10.3 Å². The van der Waals surface area contributed by atoms with Crippen molar-refractivity contribution in [1.29, 1.82) is 0 Å². The molecule has 1 fully saturated rings. The van der Waals surface area contributed by atoms with E-state index in [1.807, 2.05) is 18.2 Å². The van der Waals surface area contributed by atoms with Gasteiger partial charge in [-0.25, -0.2) is 9.78 Å². The molecule has 1 aliphatic rings. The highest BCUT2D eigenvalue weighted by Gasteiger charge is 2.22. The highest BCUT2D eigenvalue weighted by atomic mass is 79.9. The van der Waals surface area contributed by atoms with Crippen molar-refractivity contribution in [3.05, 3.63) is 28.5 Å².